The van der Waals surface area contributed by atoms with Crippen molar-refractivity contribution in [1.29, 1.82) is 0 Å². The van der Waals surface area contributed by atoms with Gasteiger partial charge < -0.3 is 25.5 Å². The summed E-state index contributed by atoms with van der Waals surface area (Å²) in [6.07, 6.45) is -2.47. The van der Waals surface area contributed by atoms with Gasteiger partial charge in [0.25, 0.3) is 0 Å². The molecule has 6 rings (SSSR count). The Morgan fingerprint density at radius 3 is 1.87 bits per heavy atom. The van der Waals surface area contributed by atoms with E-state index in [4.69, 9.17) is 0 Å². The number of phenolic OH excluding ortho intramolecular Hbond substituents is 1. The van der Waals surface area contributed by atoms with Gasteiger partial charge in [0.15, 0.2) is 0 Å². The normalized spacial score (nSPS) is 18.0. The maximum absolute atomic E-state index is 11.7. The molecule has 5 N–H and O–H groups in total. The minimum absolute atomic E-state index is 0.0877. The van der Waals surface area contributed by atoms with Crippen LogP contribution >= 0.6 is 0 Å². The van der Waals surface area contributed by atoms with Crippen molar-refractivity contribution in [3.05, 3.63) is 75.8 Å². The molecule has 2 atom stereocenters. The number of benzene rings is 4. The predicted octanol–water partition coefficient (Wildman–Crippen LogP) is 3.55. The van der Waals surface area contributed by atoms with Crippen LogP contribution in [-0.4, -0.2) is 37.5 Å². The summed E-state index contributed by atoms with van der Waals surface area (Å²) >= 11 is 0. The van der Waals surface area contributed by atoms with E-state index in [1.165, 1.54) is 24.3 Å². The van der Waals surface area contributed by atoms with Crippen LogP contribution in [0.5, 0.6) is 5.75 Å². The Balaban J connectivity index is 1.94. The van der Waals surface area contributed by atoms with Crippen molar-refractivity contribution in [2.75, 3.05) is 0 Å². The molecule has 4 aromatic rings. The molecule has 4 aromatic carbocycles. The van der Waals surface area contributed by atoms with Gasteiger partial charge >= 0.3 is 11.9 Å². The molecule has 0 saturated carbocycles. The molecule has 7 nitrogen and oxygen atoms in total. The number of carboxylic acid groups (broad SMARTS) is 2. The van der Waals surface area contributed by atoms with Gasteiger partial charge in [0.05, 0.1) is 11.1 Å². The second kappa shape index (κ2) is 5.60. The quantitative estimate of drug-likeness (QED) is 0.317. The lowest BCUT2D eigenvalue weighted by Gasteiger charge is -2.34. The molecular formula is C24H14O7. The van der Waals surface area contributed by atoms with Gasteiger partial charge in [0, 0.05) is 21.5 Å². The fourth-order valence-corrected chi connectivity index (χ4v) is 5.13. The molecule has 0 aliphatic heterocycles. The first kappa shape index (κ1) is 17.9. The largest absolute Gasteiger partial charge is 0.507 e. The maximum atomic E-state index is 11.7. The molecule has 0 amide bonds. The summed E-state index contributed by atoms with van der Waals surface area (Å²) in [7, 11) is 0. The van der Waals surface area contributed by atoms with Crippen molar-refractivity contribution >= 4 is 33.5 Å². The van der Waals surface area contributed by atoms with Gasteiger partial charge in [-0.05, 0) is 57.6 Å². The Bertz CT molecular complexity index is 1530. The standard InChI is InChI=1S/C24H14O7/c25-20-10-2-1-3-11-16(10)19-17-12(20)4-8(23(28)29)6-14(17)22(27)15-7-9(24(30)31)5-13(18(15)19)21(11)26/h1-7,20,22,25-27H,(H,28,29)(H,30,31). The number of phenols is 1. The van der Waals surface area contributed by atoms with E-state index in [0.29, 0.717) is 38.4 Å². The zero-order valence-electron chi connectivity index (χ0n) is 15.7. The number of carbonyl (C=O) groups is 2. The monoisotopic (exact) mass is 414 g/mol. The first-order valence-corrected chi connectivity index (χ1v) is 9.55. The van der Waals surface area contributed by atoms with Gasteiger partial charge in [-0.3, -0.25) is 0 Å². The van der Waals surface area contributed by atoms with Crippen LogP contribution in [-0.2, 0) is 0 Å². The van der Waals surface area contributed by atoms with Crippen LogP contribution in [0.15, 0.2) is 42.5 Å². The van der Waals surface area contributed by atoms with E-state index in [-0.39, 0.29) is 33.4 Å². The summed E-state index contributed by atoms with van der Waals surface area (Å²) in [5.41, 5.74) is 2.41. The van der Waals surface area contributed by atoms with E-state index in [0.717, 1.165) is 0 Å². The highest BCUT2D eigenvalue weighted by molar-refractivity contribution is 6.22. The molecule has 152 valence electrons. The summed E-state index contributed by atoms with van der Waals surface area (Å²) in [6.45, 7) is 0. The van der Waals surface area contributed by atoms with Crippen LogP contribution < -0.4 is 0 Å². The summed E-state index contributed by atoms with van der Waals surface area (Å²) in [5, 5.41) is 54.3. The summed E-state index contributed by atoms with van der Waals surface area (Å²) < 4.78 is 0. The Morgan fingerprint density at radius 2 is 1.23 bits per heavy atom. The summed E-state index contributed by atoms with van der Waals surface area (Å²) in [4.78, 5) is 23.4. The van der Waals surface area contributed by atoms with Crippen molar-refractivity contribution in [3.63, 3.8) is 0 Å². The molecule has 0 fully saturated rings. The lowest BCUT2D eigenvalue weighted by atomic mass is 9.71. The van der Waals surface area contributed by atoms with Gasteiger partial charge in [0.2, 0.25) is 0 Å². The Morgan fingerprint density at radius 1 is 0.677 bits per heavy atom. The molecule has 2 aliphatic carbocycles. The van der Waals surface area contributed by atoms with Crippen LogP contribution in [0.4, 0.5) is 0 Å². The molecule has 31 heavy (non-hydrogen) atoms. The third-order valence-electron chi connectivity index (χ3n) is 6.40. The predicted molar refractivity (Wildman–Crippen MR) is 111 cm³/mol. The molecule has 0 aromatic heterocycles. The zero-order valence-corrected chi connectivity index (χ0v) is 15.7. The second-order valence-corrected chi connectivity index (χ2v) is 7.93. The van der Waals surface area contributed by atoms with Crippen molar-refractivity contribution in [2.24, 2.45) is 0 Å². The topological polar surface area (TPSA) is 135 Å². The molecule has 2 unspecified atom stereocenters. The van der Waals surface area contributed by atoms with E-state index in [1.54, 1.807) is 18.2 Å². The van der Waals surface area contributed by atoms with Crippen LogP contribution in [0.3, 0.4) is 0 Å². The van der Waals surface area contributed by atoms with Crippen molar-refractivity contribution < 1.29 is 35.1 Å². The average Bonchev–Trinajstić information content (AvgIpc) is 2.76. The van der Waals surface area contributed by atoms with Gasteiger partial charge in [0.1, 0.15) is 18.0 Å². The van der Waals surface area contributed by atoms with Crippen molar-refractivity contribution in [1.82, 2.24) is 0 Å². The first-order valence-electron chi connectivity index (χ1n) is 9.55. The van der Waals surface area contributed by atoms with Crippen molar-refractivity contribution in [2.45, 2.75) is 12.2 Å². The zero-order chi connectivity index (χ0) is 21.8. The molecule has 0 radical (unpaired) electrons. The molecule has 0 spiro atoms. The smallest absolute Gasteiger partial charge is 0.335 e. The second-order valence-electron chi connectivity index (χ2n) is 7.93. The van der Waals surface area contributed by atoms with Crippen LogP contribution in [0.2, 0.25) is 0 Å². The highest BCUT2D eigenvalue weighted by Gasteiger charge is 2.38. The van der Waals surface area contributed by atoms with E-state index < -0.39 is 24.1 Å². The fraction of sp³-hybridized carbons (Fsp3) is 0.0833. The van der Waals surface area contributed by atoms with E-state index in [1.807, 2.05) is 0 Å². The Hall–Kier alpha value is -3.94. The average molecular weight is 414 g/mol. The fourth-order valence-electron chi connectivity index (χ4n) is 5.13. The SMILES string of the molecule is O=C(O)c1cc2c3c(c1)C(O)c1cc(C(=O)O)cc4c(O)c5cccc(c5c-3c14)C2O. The van der Waals surface area contributed by atoms with Gasteiger partial charge in [-0.1, -0.05) is 18.2 Å². The van der Waals surface area contributed by atoms with Crippen molar-refractivity contribution in [3.8, 4) is 16.9 Å². The number of aromatic carboxylic acids is 2. The Kier molecular flexibility index (Phi) is 3.23. The third-order valence-corrected chi connectivity index (χ3v) is 6.40. The number of carboxylic acids is 2. The number of hydrogen-bond acceptors (Lipinski definition) is 5. The van der Waals surface area contributed by atoms with Crippen LogP contribution in [0, 0.1) is 0 Å². The molecule has 2 aliphatic rings. The molecular weight excluding hydrogens is 400 g/mol. The number of aliphatic hydroxyl groups is 2. The third kappa shape index (κ3) is 2.04. The molecule has 7 heteroatoms. The number of rotatable bonds is 2. The Labute approximate surface area is 174 Å². The minimum Gasteiger partial charge on any atom is -0.507 e. The number of aromatic hydroxyl groups is 1. The lowest BCUT2D eigenvalue weighted by molar-refractivity contribution is 0.0686. The molecule has 0 bridgehead atoms. The molecule has 0 heterocycles. The lowest BCUT2D eigenvalue weighted by Crippen LogP contribution is -2.18. The highest BCUT2D eigenvalue weighted by Crippen LogP contribution is 2.57. The highest BCUT2D eigenvalue weighted by atomic mass is 16.4. The van der Waals surface area contributed by atoms with Gasteiger partial charge in [-0.15, -0.1) is 0 Å². The van der Waals surface area contributed by atoms with Crippen LogP contribution in [0.25, 0.3) is 32.7 Å². The van der Waals surface area contributed by atoms with Crippen LogP contribution in [0.1, 0.15) is 55.2 Å². The van der Waals surface area contributed by atoms with E-state index in [9.17, 15) is 35.1 Å². The van der Waals surface area contributed by atoms with Gasteiger partial charge in [-0.25, -0.2) is 9.59 Å². The van der Waals surface area contributed by atoms with E-state index >= 15 is 0 Å². The number of aliphatic hydroxyl groups excluding tert-OH is 2. The van der Waals surface area contributed by atoms with E-state index in [2.05, 4.69) is 0 Å². The summed E-state index contributed by atoms with van der Waals surface area (Å²) in [5.74, 6) is -2.55. The van der Waals surface area contributed by atoms with Gasteiger partial charge in [-0.2, -0.15) is 0 Å². The summed E-state index contributed by atoms with van der Waals surface area (Å²) in [6, 6.07) is 10.5. The first-order chi connectivity index (χ1) is 14.8. The molecule has 0 saturated heterocycles. The number of hydrogen-bond donors (Lipinski definition) is 5. The maximum Gasteiger partial charge on any atom is 0.335 e. The minimum atomic E-state index is -1.32.